The standard InChI is InChI=1S/C9H16O3/c1-8(2)6(7(10)11)4-5-9(8,3)12/h6,12H,4-5H2,1-3H3,(H,10,11)/t6-,9-/m0/s1. The first-order valence-electron chi connectivity index (χ1n) is 4.24. The van der Waals surface area contributed by atoms with E-state index in [1.54, 1.807) is 6.92 Å². The molecule has 12 heavy (non-hydrogen) atoms. The lowest BCUT2D eigenvalue weighted by Gasteiger charge is -2.35. The Bertz CT molecular complexity index is 206. The van der Waals surface area contributed by atoms with E-state index in [0.717, 1.165) is 0 Å². The number of hydrogen-bond acceptors (Lipinski definition) is 2. The second-order valence-electron chi connectivity index (χ2n) is 4.43. The average Bonchev–Trinajstić information content (AvgIpc) is 2.03. The molecule has 0 aromatic rings. The molecule has 0 aromatic carbocycles. The average molecular weight is 172 g/mol. The molecule has 0 radical (unpaired) electrons. The molecule has 1 saturated carbocycles. The van der Waals surface area contributed by atoms with E-state index >= 15 is 0 Å². The Morgan fingerprint density at radius 3 is 2.08 bits per heavy atom. The van der Waals surface area contributed by atoms with E-state index in [4.69, 9.17) is 5.11 Å². The van der Waals surface area contributed by atoms with Gasteiger partial charge in [-0.1, -0.05) is 13.8 Å². The predicted molar refractivity (Wildman–Crippen MR) is 44.8 cm³/mol. The molecule has 3 heteroatoms. The fourth-order valence-electron chi connectivity index (χ4n) is 1.92. The number of aliphatic hydroxyl groups is 1. The van der Waals surface area contributed by atoms with Crippen LogP contribution in [0.5, 0.6) is 0 Å². The Morgan fingerprint density at radius 2 is 1.92 bits per heavy atom. The molecule has 0 bridgehead atoms. The van der Waals surface area contributed by atoms with Gasteiger partial charge in [-0.2, -0.15) is 0 Å². The third-order valence-corrected chi connectivity index (χ3v) is 3.48. The summed E-state index contributed by atoms with van der Waals surface area (Å²) in [4.78, 5) is 10.8. The van der Waals surface area contributed by atoms with Gasteiger partial charge in [-0.25, -0.2) is 0 Å². The van der Waals surface area contributed by atoms with Crippen LogP contribution in [0.15, 0.2) is 0 Å². The number of carboxylic acids is 1. The van der Waals surface area contributed by atoms with Crippen LogP contribution in [0.4, 0.5) is 0 Å². The smallest absolute Gasteiger partial charge is 0.307 e. The minimum Gasteiger partial charge on any atom is -0.481 e. The van der Waals surface area contributed by atoms with E-state index in [0.29, 0.717) is 12.8 Å². The first-order valence-corrected chi connectivity index (χ1v) is 4.24. The van der Waals surface area contributed by atoms with Crippen molar-refractivity contribution in [1.29, 1.82) is 0 Å². The minimum absolute atomic E-state index is 0.410. The highest BCUT2D eigenvalue weighted by Gasteiger charge is 2.53. The van der Waals surface area contributed by atoms with Gasteiger partial charge < -0.3 is 10.2 Å². The van der Waals surface area contributed by atoms with E-state index in [2.05, 4.69) is 0 Å². The molecule has 0 heterocycles. The van der Waals surface area contributed by atoms with Crippen molar-refractivity contribution in [2.75, 3.05) is 0 Å². The van der Waals surface area contributed by atoms with Crippen LogP contribution in [-0.2, 0) is 4.79 Å². The molecule has 0 aliphatic heterocycles. The van der Waals surface area contributed by atoms with Crippen LogP contribution < -0.4 is 0 Å². The van der Waals surface area contributed by atoms with Gasteiger partial charge >= 0.3 is 5.97 Å². The van der Waals surface area contributed by atoms with E-state index in [1.807, 2.05) is 13.8 Å². The van der Waals surface area contributed by atoms with Gasteiger partial charge in [0.2, 0.25) is 0 Å². The van der Waals surface area contributed by atoms with Gasteiger partial charge in [-0.3, -0.25) is 4.79 Å². The molecular weight excluding hydrogens is 156 g/mol. The maximum absolute atomic E-state index is 10.8. The Kier molecular flexibility index (Phi) is 1.95. The van der Waals surface area contributed by atoms with Crippen molar-refractivity contribution < 1.29 is 15.0 Å². The van der Waals surface area contributed by atoms with Crippen LogP contribution in [0.1, 0.15) is 33.6 Å². The molecule has 0 aromatic heterocycles. The lowest BCUT2D eigenvalue weighted by molar-refractivity contribution is -0.148. The summed E-state index contributed by atoms with van der Waals surface area (Å²) in [7, 11) is 0. The number of hydrogen-bond donors (Lipinski definition) is 2. The number of carbonyl (C=O) groups is 1. The second-order valence-corrected chi connectivity index (χ2v) is 4.43. The summed E-state index contributed by atoms with van der Waals surface area (Å²) in [6.07, 6.45) is 1.16. The van der Waals surface area contributed by atoms with Crippen molar-refractivity contribution in [2.45, 2.75) is 39.2 Å². The van der Waals surface area contributed by atoms with Crippen LogP contribution >= 0.6 is 0 Å². The Balaban J connectivity index is 2.93. The molecular formula is C9H16O3. The van der Waals surface area contributed by atoms with E-state index in [9.17, 15) is 9.90 Å². The van der Waals surface area contributed by atoms with Crippen LogP contribution in [0, 0.1) is 11.3 Å². The van der Waals surface area contributed by atoms with Crippen LogP contribution in [0.3, 0.4) is 0 Å². The molecule has 0 spiro atoms. The molecule has 1 rings (SSSR count). The third-order valence-electron chi connectivity index (χ3n) is 3.48. The first kappa shape index (κ1) is 9.52. The van der Waals surface area contributed by atoms with Gasteiger partial charge in [0.1, 0.15) is 0 Å². The lowest BCUT2D eigenvalue weighted by atomic mass is 9.73. The van der Waals surface area contributed by atoms with Gasteiger partial charge in [0, 0.05) is 5.41 Å². The fourth-order valence-corrected chi connectivity index (χ4v) is 1.92. The largest absolute Gasteiger partial charge is 0.481 e. The van der Waals surface area contributed by atoms with E-state index in [-0.39, 0.29) is 0 Å². The molecule has 70 valence electrons. The summed E-state index contributed by atoms with van der Waals surface area (Å²) in [5.41, 5.74) is -1.35. The highest BCUT2D eigenvalue weighted by molar-refractivity contribution is 5.71. The summed E-state index contributed by atoms with van der Waals surface area (Å²) in [6, 6.07) is 0. The molecule has 2 atom stereocenters. The molecule has 2 N–H and O–H groups in total. The van der Waals surface area contributed by atoms with Crippen LogP contribution in [0.25, 0.3) is 0 Å². The number of aliphatic carboxylic acids is 1. The zero-order valence-electron chi connectivity index (χ0n) is 7.79. The van der Waals surface area contributed by atoms with Crippen LogP contribution in [-0.4, -0.2) is 21.8 Å². The van der Waals surface area contributed by atoms with Gasteiger partial charge in [-0.05, 0) is 19.8 Å². The van der Waals surface area contributed by atoms with Crippen molar-refractivity contribution in [3.05, 3.63) is 0 Å². The van der Waals surface area contributed by atoms with Crippen molar-refractivity contribution >= 4 is 5.97 Å². The van der Waals surface area contributed by atoms with Crippen molar-refractivity contribution in [2.24, 2.45) is 11.3 Å². The fraction of sp³-hybridized carbons (Fsp3) is 0.889. The molecule has 0 saturated heterocycles. The molecule has 1 aliphatic carbocycles. The summed E-state index contributed by atoms with van der Waals surface area (Å²) in [5, 5.41) is 18.7. The zero-order chi connectivity index (χ0) is 9.57. The van der Waals surface area contributed by atoms with Crippen molar-refractivity contribution in [3.8, 4) is 0 Å². The zero-order valence-corrected chi connectivity index (χ0v) is 7.79. The molecule has 3 nitrogen and oxygen atoms in total. The van der Waals surface area contributed by atoms with Gasteiger partial charge in [0.15, 0.2) is 0 Å². The predicted octanol–water partition coefficient (Wildman–Crippen LogP) is 1.26. The topological polar surface area (TPSA) is 57.5 Å². The normalized spacial score (nSPS) is 39.8. The number of rotatable bonds is 1. The molecule has 1 fully saturated rings. The summed E-state index contributed by atoms with van der Waals surface area (Å²) >= 11 is 0. The van der Waals surface area contributed by atoms with E-state index < -0.39 is 22.9 Å². The van der Waals surface area contributed by atoms with Crippen molar-refractivity contribution in [3.63, 3.8) is 0 Å². The van der Waals surface area contributed by atoms with Gasteiger partial charge in [0.25, 0.3) is 0 Å². The quantitative estimate of drug-likeness (QED) is 0.626. The Hall–Kier alpha value is -0.570. The van der Waals surface area contributed by atoms with Gasteiger partial charge in [-0.15, -0.1) is 0 Å². The molecule has 1 aliphatic rings. The summed E-state index contributed by atoms with van der Waals surface area (Å²) in [6.45, 7) is 5.35. The summed E-state index contributed by atoms with van der Waals surface area (Å²) in [5.74, 6) is -1.20. The van der Waals surface area contributed by atoms with E-state index in [1.165, 1.54) is 0 Å². The maximum Gasteiger partial charge on any atom is 0.307 e. The first-order chi connectivity index (χ1) is 5.29. The minimum atomic E-state index is -0.837. The number of carboxylic acid groups (broad SMARTS) is 1. The SMILES string of the molecule is CC1(C)[C@H](C(=O)O)CC[C@]1(C)O. The maximum atomic E-state index is 10.8. The lowest BCUT2D eigenvalue weighted by Crippen LogP contribution is -2.42. The summed E-state index contributed by atoms with van der Waals surface area (Å²) < 4.78 is 0. The van der Waals surface area contributed by atoms with Crippen molar-refractivity contribution in [1.82, 2.24) is 0 Å². The second kappa shape index (κ2) is 2.46. The highest BCUT2D eigenvalue weighted by Crippen LogP contribution is 2.49. The molecule has 0 unspecified atom stereocenters. The monoisotopic (exact) mass is 172 g/mol. The third kappa shape index (κ3) is 1.12. The Labute approximate surface area is 72.4 Å². The van der Waals surface area contributed by atoms with Crippen LogP contribution in [0.2, 0.25) is 0 Å². The molecule has 0 amide bonds. The highest BCUT2D eigenvalue weighted by atomic mass is 16.4. The Morgan fingerprint density at radius 1 is 1.42 bits per heavy atom. The van der Waals surface area contributed by atoms with Gasteiger partial charge in [0.05, 0.1) is 11.5 Å².